The van der Waals surface area contributed by atoms with Crippen molar-refractivity contribution >= 4 is 33.3 Å². The number of ether oxygens (including phenoxy) is 1. The predicted octanol–water partition coefficient (Wildman–Crippen LogP) is 4.02. The van der Waals surface area contributed by atoms with Crippen LogP contribution in [0.1, 0.15) is 5.69 Å². The molecule has 0 aliphatic rings. The maximum atomic E-state index is 14.8. The molecule has 0 atom stereocenters. The lowest BCUT2D eigenvalue weighted by Gasteiger charge is -2.11. The van der Waals surface area contributed by atoms with Gasteiger partial charge in [-0.3, -0.25) is 0 Å². The van der Waals surface area contributed by atoms with Gasteiger partial charge in [0, 0.05) is 28.0 Å². The number of H-pyrrole nitrogens is 1. The first-order valence-electron chi connectivity index (χ1n) is 7.63. The summed E-state index contributed by atoms with van der Waals surface area (Å²) in [6.07, 6.45) is 1.35. The molecule has 2 aromatic heterocycles. The largest absolute Gasteiger partial charge is 0.504 e. The summed E-state index contributed by atoms with van der Waals surface area (Å²) in [5.74, 6) is 0.339. The number of anilines is 2. The van der Waals surface area contributed by atoms with Crippen LogP contribution in [0.3, 0.4) is 0 Å². The van der Waals surface area contributed by atoms with E-state index in [0.29, 0.717) is 33.5 Å². The van der Waals surface area contributed by atoms with Gasteiger partial charge in [-0.2, -0.15) is 0 Å². The number of hydrogen-bond donors (Lipinski definition) is 3. The molecule has 0 amide bonds. The highest BCUT2D eigenvalue weighted by atomic mass is 19.1. The normalized spacial score (nSPS) is 11.2. The van der Waals surface area contributed by atoms with Gasteiger partial charge < -0.3 is 20.1 Å². The van der Waals surface area contributed by atoms with Gasteiger partial charge in [0.2, 0.25) is 0 Å². The minimum atomic E-state index is -0.362. The Balaban J connectivity index is 1.84. The Kier molecular flexibility index (Phi) is 3.42. The summed E-state index contributed by atoms with van der Waals surface area (Å²) in [6.45, 7) is 1.88. The van der Waals surface area contributed by atoms with Crippen LogP contribution in [0.25, 0.3) is 21.8 Å². The third-order valence-corrected chi connectivity index (χ3v) is 4.06. The highest BCUT2D eigenvalue weighted by Crippen LogP contribution is 2.34. The van der Waals surface area contributed by atoms with Gasteiger partial charge in [0.15, 0.2) is 17.3 Å². The zero-order valence-electron chi connectivity index (χ0n) is 13.6. The molecule has 0 saturated heterocycles. The van der Waals surface area contributed by atoms with Crippen molar-refractivity contribution in [2.75, 3.05) is 12.4 Å². The zero-order chi connectivity index (χ0) is 17.6. The van der Waals surface area contributed by atoms with Gasteiger partial charge in [-0.25, -0.2) is 14.4 Å². The van der Waals surface area contributed by atoms with E-state index < -0.39 is 0 Å². The Morgan fingerprint density at radius 3 is 2.80 bits per heavy atom. The summed E-state index contributed by atoms with van der Waals surface area (Å²) in [4.78, 5) is 11.4. The second kappa shape index (κ2) is 5.62. The number of nitrogens with one attached hydrogen (secondary N) is 2. The molecule has 126 valence electrons. The maximum Gasteiger partial charge on any atom is 0.161 e. The van der Waals surface area contributed by atoms with Crippen LogP contribution in [0, 0.1) is 12.7 Å². The summed E-state index contributed by atoms with van der Waals surface area (Å²) in [6, 6.07) is 8.32. The molecular weight excluding hydrogens is 323 g/mol. The van der Waals surface area contributed by atoms with Crippen molar-refractivity contribution in [2.24, 2.45) is 0 Å². The molecule has 4 rings (SSSR count). The van der Waals surface area contributed by atoms with Crippen LogP contribution in [0.15, 0.2) is 36.7 Å². The third kappa shape index (κ3) is 2.50. The first-order chi connectivity index (χ1) is 12.1. The average molecular weight is 338 g/mol. The Morgan fingerprint density at radius 2 is 2.00 bits per heavy atom. The third-order valence-electron chi connectivity index (χ3n) is 4.06. The van der Waals surface area contributed by atoms with E-state index in [1.165, 1.54) is 19.5 Å². The quantitative estimate of drug-likeness (QED) is 0.525. The first kappa shape index (κ1) is 15.2. The summed E-state index contributed by atoms with van der Waals surface area (Å²) in [5.41, 5.74) is 2.45. The molecule has 0 bridgehead atoms. The topological polar surface area (TPSA) is 83.1 Å². The summed E-state index contributed by atoms with van der Waals surface area (Å²) >= 11 is 0. The molecule has 3 N–H and O–H groups in total. The average Bonchev–Trinajstić information content (AvgIpc) is 2.98. The van der Waals surface area contributed by atoms with Gasteiger partial charge in [0.1, 0.15) is 12.1 Å². The number of aryl methyl sites for hydroxylation is 1. The van der Waals surface area contributed by atoms with E-state index in [-0.39, 0.29) is 11.6 Å². The van der Waals surface area contributed by atoms with Gasteiger partial charge in [0.05, 0.1) is 18.3 Å². The molecule has 0 spiro atoms. The number of methoxy groups -OCH3 is 1. The lowest BCUT2D eigenvalue weighted by atomic mass is 10.2. The lowest BCUT2D eigenvalue weighted by molar-refractivity contribution is 0.374. The van der Waals surface area contributed by atoms with Gasteiger partial charge in [-0.1, -0.05) is 0 Å². The number of aromatic nitrogens is 3. The molecule has 25 heavy (non-hydrogen) atoms. The highest BCUT2D eigenvalue weighted by Gasteiger charge is 2.13. The van der Waals surface area contributed by atoms with Crippen molar-refractivity contribution in [3.05, 3.63) is 48.2 Å². The van der Waals surface area contributed by atoms with Crippen molar-refractivity contribution < 1.29 is 14.2 Å². The Morgan fingerprint density at radius 1 is 1.16 bits per heavy atom. The summed E-state index contributed by atoms with van der Waals surface area (Å²) < 4.78 is 19.9. The molecule has 2 heterocycles. The van der Waals surface area contributed by atoms with Gasteiger partial charge in [0.25, 0.3) is 0 Å². The maximum absolute atomic E-state index is 14.8. The second-order valence-electron chi connectivity index (χ2n) is 5.73. The van der Waals surface area contributed by atoms with Crippen LogP contribution < -0.4 is 10.1 Å². The van der Waals surface area contributed by atoms with E-state index in [1.54, 1.807) is 18.2 Å². The molecule has 0 fully saturated rings. The van der Waals surface area contributed by atoms with Crippen molar-refractivity contribution in [2.45, 2.75) is 6.92 Å². The standard InChI is InChI=1S/C18H15FN4O2/c1-9-5-10-12(22-9)3-4-13(17(10)19)23-18-11-6-16(25-2)15(24)7-14(11)20-8-21-18/h3-8,22,24H,1-2H3,(H,20,21,23). The fourth-order valence-electron chi connectivity index (χ4n) is 2.87. The highest BCUT2D eigenvalue weighted by molar-refractivity contribution is 5.94. The molecule has 0 unspecified atom stereocenters. The molecule has 0 radical (unpaired) electrons. The fraction of sp³-hybridized carbons (Fsp3) is 0.111. The molecule has 0 saturated carbocycles. The fourth-order valence-corrected chi connectivity index (χ4v) is 2.87. The van der Waals surface area contributed by atoms with E-state index in [2.05, 4.69) is 20.3 Å². The van der Waals surface area contributed by atoms with Gasteiger partial charge >= 0.3 is 0 Å². The Hall–Kier alpha value is -3.35. The Bertz CT molecular complexity index is 1110. The number of benzene rings is 2. The van der Waals surface area contributed by atoms with Crippen LogP contribution in [0.4, 0.5) is 15.9 Å². The van der Waals surface area contributed by atoms with Crippen LogP contribution in [0.2, 0.25) is 0 Å². The van der Waals surface area contributed by atoms with Crippen molar-refractivity contribution in [1.82, 2.24) is 15.0 Å². The van der Waals surface area contributed by atoms with Crippen LogP contribution >= 0.6 is 0 Å². The predicted molar refractivity (Wildman–Crippen MR) is 94.0 cm³/mol. The minimum Gasteiger partial charge on any atom is -0.504 e. The molecule has 7 heteroatoms. The molecule has 2 aromatic carbocycles. The molecule has 0 aliphatic heterocycles. The second-order valence-corrected chi connectivity index (χ2v) is 5.73. The van der Waals surface area contributed by atoms with Crippen molar-refractivity contribution in [3.63, 3.8) is 0 Å². The monoisotopic (exact) mass is 338 g/mol. The summed E-state index contributed by atoms with van der Waals surface area (Å²) in [7, 11) is 1.46. The SMILES string of the molecule is COc1cc2c(Nc3ccc4[nH]c(C)cc4c3F)ncnc2cc1O. The van der Waals surface area contributed by atoms with Gasteiger partial charge in [-0.15, -0.1) is 0 Å². The Labute approximate surface area is 142 Å². The summed E-state index contributed by atoms with van der Waals surface area (Å²) in [5, 5.41) is 14.0. The number of aromatic amines is 1. The number of rotatable bonds is 3. The van der Waals surface area contributed by atoms with E-state index in [0.717, 1.165) is 11.2 Å². The van der Waals surface area contributed by atoms with E-state index in [1.807, 2.05) is 13.0 Å². The van der Waals surface area contributed by atoms with Crippen molar-refractivity contribution in [3.8, 4) is 11.5 Å². The number of hydrogen-bond acceptors (Lipinski definition) is 5. The number of aromatic hydroxyl groups is 1. The number of fused-ring (bicyclic) bond motifs is 2. The van der Waals surface area contributed by atoms with Crippen molar-refractivity contribution in [1.29, 1.82) is 0 Å². The van der Waals surface area contributed by atoms with E-state index >= 15 is 0 Å². The zero-order valence-corrected chi connectivity index (χ0v) is 13.6. The van der Waals surface area contributed by atoms with Crippen LogP contribution in [-0.2, 0) is 0 Å². The number of halogens is 1. The molecule has 6 nitrogen and oxygen atoms in total. The lowest BCUT2D eigenvalue weighted by Crippen LogP contribution is -1.99. The number of nitrogens with zero attached hydrogens (tertiary/aromatic N) is 2. The van der Waals surface area contributed by atoms with E-state index in [9.17, 15) is 9.50 Å². The molecular formula is C18H15FN4O2. The number of phenols is 1. The molecule has 4 aromatic rings. The minimum absolute atomic E-state index is 0.0185. The smallest absolute Gasteiger partial charge is 0.161 e. The molecule has 0 aliphatic carbocycles. The van der Waals surface area contributed by atoms with Crippen LogP contribution in [-0.4, -0.2) is 27.2 Å². The number of phenolic OH excluding ortho intramolecular Hbond substituents is 1. The first-order valence-corrected chi connectivity index (χ1v) is 7.63. The van der Waals surface area contributed by atoms with Gasteiger partial charge in [-0.05, 0) is 31.2 Å². The van der Waals surface area contributed by atoms with Crippen LogP contribution in [0.5, 0.6) is 11.5 Å². The van der Waals surface area contributed by atoms with E-state index in [4.69, 9.17) is 4.74 Å².